The van der Waals surface area contributed by atoms with E-state index < -0.39 is 12.1 Å². The molecule has 1 aromatic heterocycles. The highest BCUT2D eigenvalue weighted by atomic mass is 19.4. The van der Waals surface area contributed by atoms with Crippen LogP contribution in [0.4, 0.5) is 18.9 Å². The van der Waals surface area contributed by atoms with Gasteiger partial charge in [-0.1, -0.05) is 0 Å². The molecular weight excluding hydrogens is 275 g/mol. The van der Waals surface area contributed by atoms with E-state index >= 15 is 0 Å². The maximum atomic E-state index is 12.2. The van der Waals surface area contributed by atoms with Crippen LogP contribution in [0, 0.1) is 0 Å². The van der Waals surface area contributed by atoms with Crippen LogP contribution in [0.3, 0.4) is 0 Å². The number of amides is 1. The molecule has 8 heteroatoms. The second-order valence-electron chi connectivity index (χ2n) is 4.39. The number of aromatic nitrogens is 2. The van der Waals surface area contributed by atoms with Gasteiger partial charge in [0.2, 0.25) is 0 Å². The fourth-order valence-electron chi connectivity index (χ4n) is 2.14. The summed E-state index contributed by atoms with van der Waals surface area (Å²) in [6.07, 6.45) is -4.91. The van der Waals surface area contributed by atoms with Crippen LogP contribution in [-0.2, 0) is 22.7 Å². The normalized spacial score (nSPS) is 15.2. The third kappa shape index (κ3) is 2.22. The number of ether oxygens (including phenoxy) is 1. The first-order valence-electron chi connectivity index (χ1n) is 5.90. The second-order valence-corrected chi connectivity index (χ2v) is 4.39. The Morgan fingerprint density at radius 3 is 2.95 bits per heavy atom. The number of carbonyl (C=O) groups excluding carboxylic acids is 1. The molecule has 0 radical (unpaired) electrons. The van der Waals surface area contributed by atoms with E-state index in [1.54, 1.807) is 6.07 Å². The number of halogens is 3. The number of imidazole rings is 1. The molecule has 3 rings (SSSR count). The first kappa shape index (κ1) is 12.9. The van der Waals surface area contributed by atoms with Crippen molar-refractivity contribution in [2.24, 2.45) is 0 Å². The van der Waals surface area contributed by atoms with E-state index in [1.807, 2.05) is 9.88 Å². The maximum absolute atomic E-state index is 12.2. The summed E-state index contributed by atoms with van der Waals surface area (Å²) in [5, 5.41) is 1.81. The van der Waals surface area contributed by atoms with Crippen LogP contribution < -0.4 is 5.32 Å². The number of rotatable bonds is 1. The average molecular weight is 285 g/mol. The van der Waals surface area contributed by atoms with Crippen molar-refractivity contribution in [1.82, 2.24) is 9.55 Å². The Morgan fingerprint density at radius 2 is 2.20 bits per heavy atom. The van der Waals surface area contributed by atoms with E-state index in [2.05, 4.69) is 4.98 Å². The van der Waals surface area contributed by atoms with Crippen LogP contribution in [0.25, 0.3) is 11.0 Å². The van der Waals surface area contributed by atoms with Crippen molar-refractivity contribution >= 4 is 22.6 Å². The zero-order chi connectivity index (χ0) is 14.3. The average Bonchev–Trinajstić information content (AvgIpc) is 2.75. The number of benzene rings is 1. The van der Waals surface area contributed by atoms with Crippen LogP contribution in [0.1, 0.15) is 5.82 Å². The summed E-state index contributed by atoms with van der Waals surface area (Å²) in [5.41, 5.74) is 1.41. The van der Waals surface area contributed by atoms with E-state index in [1.165, 1.54) is 12.1 Å². The topological polar surface area (TPSA) is 56.2 Å². The standard InChI is InChI=1S/C12H10F3N3O2/c13-12(14,15)11(19)16-7-1-2-9-8(5-7)17-10-6-20-4-3-18(9)10/h1-2,5H,3-4,6H2,(H,16,19). The SMILES string of the molecule is O=C(Nc1ccc2c(c1)nc1n2CCOC1)C(F)(F)F. The fraction of sp³-hybridized carbons (Fsp3) is 0.333. The molecular formula is C12H10F3N3O2. The Bertz CT molecular complexity index is 678. The molecule has 2 heterocycles. The van der Waals surface area contributed by atoms with Crippen LogP contribution in [-0.4, -0.2) is 28.2 Å². The molecule has 106 valence electrons. The molecule has 0 fully saturated rings. The number of alkyl halides is 3. The van der Waals surface area contributed by atoms with Gasteiger partial charge in [-0.05, 0) is 18.2 Å². The molecule has 0 aliphatic carbocycles. The zero-order valence-corrected chi connectivity index (χ0v) is 10.2. The minimum atomic E-state index is -4.91. The molecule has 5 nitrogen and oxygen atoms in total. The van der Waals surface area contributed by atoms with E-state index in [4.69, 9.17) is 4.74 Å². The monoisotopic (exact) mass is 285 g/mol. The lowest BCUT2D eigenvalue weighted by Gasteiger charge is -2.14. The molecule has 0 saturated carbocycles. The van der Waals surface area contributed by atoms with Gasteiger partial charge >= 0.3 is 12.1 Å². The van der Waals surface area contributed by atoms with Gasteiger partial charge in [0.25, 0.3) is 0 Å². The molecule has 0 spiro atoms. The van der Waals surface area contributed by atoms with Gasteiger partial charge in [-0.25, -0.2) is 4.98 Å². The Kier molecular flexibility index (Phi) is 2.89. The molecule has 0 saturated heterocycles. The van der Waals surface area contributed by atoms with E-state index in [0.29, 0.717) is 25.3 Å². The first-order chi connectivity index (χ1) is 9.45. The van der Waals surface area contributed by atoms with Crippen molar-refractivity contribution in [2.45, 2.75) is 19.3 Å². The predicted octanol–water partition coefficient (Wildman–Crippen LogP) is 2.07. The van der Waals surface area contributed by atoms with Gasteiger partial charge in [0.1, 0.15) is 12.4 Å². The number of anilines is 1. The minimum absolute atomic E-state index is 0.0659. The fourth-order valence-corrected chi connectivity index (χ4v) is 2.14. The van der Waals surface area contributed by atoms with Gasteiger partial charge in [0, 0.05) is 12.2 Å². The van der Waals surface area contributed by atoms with Gasteiger partial charge in [-0.2, -0.15) is 13.2 Å². The maximum Gasteiger partial charge on any atom is 0.471 e. The summed E-state index contributed by atoms with van der Waals surface area (Å²) < 4.78 is 43.8. The van der Waals surface area contributed by atoms with Crippen molar-refractivity contribution in [3.8, 4) is 0 Å². The Morgan fingerprint density at radius 1 is 1.40 bits per heavy atom. The summed E-state index contributed by atoms with van der Waals surface area (Å²) in [6, 6.07) is 4.49. The Hall–Kier alpha value is -2.09. The molecule has 0 unspecified atom stereocenters. The van der Waals surface area contributed by atoms with E-state index in [0.717, 1.165) is 11.3 Å². The molecule has 1 aliphatic rings. The number of fused-ring (bicyclic) bond motifs is 3. The Labute approximate surface area is 111 Å². The lowest BCUT2D eigenvalue weighted by atomic mass is 10.2. The molecule has 1 N–H and O–H groups in total. The van der Waals surface area contributed by atoms with Gasteiger partial charge in [-0.15, -0.1) is 0 Å². The first-order valence-corrected chi connectivity index (χ1v) is 5.90. The largest absolute Gasteiger partial charge is 0.471 e. The lowest BCUT2D eigenvalue weighted by molar-refractivity contribution is -0.167. The zero-order valence-electron chi connectivity index (χ0n) is 10.2. The molecule has 0 bridgehead atoms. The molecule has 2 aromatic rings. The Balaban J connectivity index is 1.93. The lowest BCUT2D eigenvalue weighted by Crippen LogP contribution is -2.29. The third-order valence-corrected chi connectivity index (χ3v) is 3.03. The number of hydrogen-bond acceptors (Lipinski definition) is 3. The molecule has 1 aliphatic heterocycles. The third-order valence-electron chi connectivity index (χ3n) is 3.03. The van der Waals surface area contributed by atoms with Crippen molar-refractivity contribution in [1.29, 1.82) is 0 Å². The van der Waals surface area contributed by atoms with Crippen LogP contribution in [0.15, 0.2) is 18.2 Å². The van der Waals surface area contributed by atoms with Gasteiger partial charge in [0.15, 0.2) is 0 Å². The van der Waals surface area contributed by atoms with E-state index in [9.17, 15) is 18.0 Å². The summed E-state index contributed by atoms with van der Waals surface area (Å²) in [5.74, 6) is -1.27. The van der Waals surface area contributed by atoms with Crippen molar-refractivity contribution in [2.75, 3.05) is 11.9 Å². The summed E-state index contributed by atoms with van der Waals surface area (Å²) in [4.78, 5) is 15.2. The van der Waals surface area contributed by atoms with Gasteiger partial charge in [-0.3, -0.25) is 4.79 Å². The molecule has 0 atom stereocenters. The number of hydrogen-bond donors (Lipinski definition) is 1. The van der Waals surface area contributed by atoms with Crippen molar-refractivity contribution < 1.29 is 22.7 Å². The number of nitrogens with one attached hydrogen (secondary N) is 1. The minimum Gasteiger partial charge on any atom is -0.372 e. The number of carbonyl (C=O) groups is 1. The predicted molar refractivity (Wildman–Crippen MR) is 64.1 cm³/mol. The summed E-state index contributed by atoms with van der Waals surface area (Å²) >= 11 is 0. The van der Waals surface area contributed by atoms with Crippen LogP contribution in [0.2, 0.25) is 0 Å². The number of nitrogens with zero attached hydrogens (tertiary/aromatic N) is 2. The summed E-state index contributed by atoms with van der Waals surface area (Å²) in [6.45, 7) is 1.60. The molecule has 1 amide bonds. The molecule has 20 heavy (non-hydrogen) atoms. The van der Waals surface area contributed by atoms with Crippen molar-refractivity contribution in [3.63, 3.8) is 0 Å². The van der Waals surface area contributed by atoms with Crippen LogP contribution >= 0.6 is 0 Å². The highest BCUT2D eigenvalue weighted by Crippen LogP contribution is 2.24. The highest BCUT2D eigenvalue weighted by molar-refractivity contribution is 5.96. The second kappa shape index (κ2) is 4.48. The van der Waals surface area contributed by atoms with Gasteiger partial charge in [0.05, 0.1) is 17.6 Å². The van der Waals surface area contributed by atoms with E-state index in [-0.39, 0.29) is 5.69 Å². The smallest absolute Gasteiger partial charge is 0.372 e. The van der Waals surface area contributed by atoms with Crippen LogP contribution in [0.5, 0.6) is 0 Å². The molecule has 1 aromatic carbocycles. The van der Waals surface area contributed by atoms with Gasteiger partial charge < -0.3 is 14.6 Å². The van der Waals surface area contributed by atoms with Crippen molar-refractivity contribution in [3.05, 3.63) is 24.0 Å². The quantitative estimate of drug-likeness (QED) is 0.872. The summed E-state index contributed by atoms with van der Waals surface area (Å²) in [7, 11) is 0. The highest BCUT2D eigenvalue weighted by Gasteiger charge is 2.38.